The molecule has 1 unspecified atom stereocenters. The lowest BCUT2D eigenvalue weighted by atomic mass is 10.1. The SMILES string of the molecule is O=C(c1ccc(F)cc1F)N1c2nc(N3CCOCC3)cc(=O)n2CCC1C(F)(F)F. The van der Waals surface area contributed by atoms with Crippen LogP contribution in [0.4, 0.5) is 33.7 Å². The van der Waals surface area contributed by atoms with E-state index in [2.05, 4.69) is 4.98 Å². The first kappa shape index (κ1) is 21.2. The molecule has 0 saturated carbocycles. The number of nitrogens with zero attached hydrogens (tertiary/aromatic N) is 4. The molecule has 0 bridgehead atoms. The van der Waals surface area contributed by atoms with Gasteiger partial charge in [0.15, 0.2) is 0 Å². The van der Waals surface area contributed by atoms with Crippen LogP contribution in [-0.4, -0.2) is 54.0 Å². The van der Waals surface area contributed by atoms with Crippen molar-refractivity contribution in [2.45, 2.75) is 25.2 Å². The van der Waals surface area contributed by atoms with Crippen LogP contribution in [-0.2, 0) is 11.3 Å². The Morgan fingerprint density at radius 1 is 1.10 bits per heavy atom. The average Bonchev–Trinajstić information content (AvgIpc) is 2.72. The van der Waals surface area contributed by atoms with E-state index in [-0.39, 0.29) is 17.3 Å². The minimum Gasteiger partial charge on any atom is -0.378 e. The zero-order valence-electron chi connectivity index (χ0n) is 16.0. The third-order valence-corrected chi connectivity index (χ3v) is 5.22. The molecule has 7 nitrogen and oxygen atoms in total. The minimum atomic E-state index is -4.86. The van der Waals surface area contributed by atoms with Crippen LogP contribution < -0.4 is 15.4 Å². The normalized spacial score (nSPS) is 19.3. The van der Waals surface area contributed by atoms with Crippen molar-refractivity contribution in [3.8, 4) is 0 Å². The Kier molecular flexibility index (Phi) is 5.42. The highest BCUT2D eigenvalue weighted by atomic mass is 19.4. The molecule has 1 fully saturated rings. The molecule has 2 aliphatic heterocycles. The number of benzene rings is 1. The molecule has 1 atom stereocenters. The lowest BCUT2D eigenvalue weighted by Gasteiger charge is -2.38. The molecule has 12 heteroatoms. The Labute approximate surface area is 172 Å². The van der Waals surface area contributed by atoms with Crippen molar-refractivity contribution in [1.82, 2.24) is 9.55 Å². The van der Waals surface area contributed by atoms with Crippen LogP contribution >= 0.6 is 0 Å². The number of alkyl halides is 3. The third-order valence-electron chi connectivity index (χ3n) is 5.22. The summed E-state index contributed by atoms with van der Waals surface area (Å²) in [6, 6.07) is 0.807. The fourth-order valence-electron chi connectivity index (χ4n) is 3.69. The highest BCUT2D eigenvalue weighted by molar-refractivity contribution is 6.06. The molecule has 3 heterocycles. The summed E-state index contributed by atoms with van der Waals surface area (Å²) in [6.45, 7) is 1.09. The minimum absolute atomic E-state index is 0.0970. The number of halogens is 5. The molecule has 0 aliphatic carbocycles. The van der Waals surface area contributed by atoms with Crippen LogP contribution in [0.1, 0.15) is 16.8 Å². The summed E-state index contributed by atoms with van der Waals surface area (Å²) < 4.78 is 75.0. The van der Waals surface area contributed by atoms with E-state index in [0.29, 0.717) is 32.4 Å². The van der Waals surface area contributed by atoms with E-state index in [4.69, 9.17) is 4.74 Å². The maximum Gasteiger partial charge on any atom is 0.409 e. The molecule has 4 rings (SSSR count). The van der Waals surface area contributed by atoms with Gasteiger partial charge in [0, 0.05) is 31.8 Å². The Balaban J connectivity index is 1.85. The van der Waals surface area contributed by atoms with Crippen molar-refractivity contribution in [2.75, 3.05) is 36.1 Å². The lowest BCUT2D eigenvalue weighted by Crippen LogP contribution is -2.55. The van der Waals surface area contributed by atoms with Gasteiger partial charge in [0.2, 0.25) is 5.95 Å². The molecule has 0 spiro atoms. The fraction of sp³-hybridized carbons (Fsp3) is 0.421. The number of rotatable bonds is 2. The molecule has 31 heavy (non-hydrogen) atoms. The van der Waals surface area contributed by atoms with Gasteiger partial charge >= 0.3 is 6.18 Å². The van der Waals surface area contributed by atoms with E-state index in [9.17, 15) is 31.5 Å². The standard InChI is InChI=1S/C19H17F5N4O3/c20-11-1-2-12(13(21)9-11)17(30)28-14(19(22,23)24)3-4-27-16(29)10-15(25-18(27)28)26-5-7-31-8-6-26/h1-2,9-10,14H,3-8H2. The number of carbonyl (C=O) groups excluding carboxylic acids is 1. The molecule has 0 radical (unpaired) electrons. The number of amides is 1. The Hall–Kier alpha value is -3.02. The van der Waals surface area contributed by atoms with Gasteiger partial charge in [-0.25, -0.2) is 8.78 Å². The average molecular weight is 444 g/mol. The summed E-state index contributed by atoms with van der Waals surface area (Å²) in [5, 5.41) is 0. The van der Waals surface area contributed by atoms with Crippen molar-refractivity contribution in [3.05, 3.63) is 51.8 Å². The van der Waals surface area contributed by atoms with E-state index in [1.54, 1.807) is 4.90 Å². The molecule has 1 saturated heterocycles. The molecule has 0 N–H and O–H groups in total. The van der Waals surface area contributed by atoms with Crippen LogP contribution in [0, 0.1) is 11.6 Å². The number of hydrogen-bond acceptors (Lipinski definition) is 5. The van der Waals surface area contributed by atoms with E-state index in [1.807, 2.05) is 0 Å². The van der Waals surface area contributed by atoms with E-state index >= 15 is 0 Å². The summed E-state index contributed by atoms with van der Waals surface area (Å²) in [7, 11) is 0. The molecule has 2 aliphatic rings. The summed E-state index contributed by atoms with van der Waals surface area (Å²) in [5.74, 6) is -4.09. The molecular weight excluding hydrogens is 427 g/mol. The fourth-order valence-corrected chi connectivity index (χ4v) is 3.69. The first-order valence-corrected chi connectivity index (χ1v) is 9.46. The predicted octanol–water partition coefficient (Wildman–Crippen LogP) is 2.34. The number of aromatic nitrogens is 2. The second-order valence-corrected chi connectivity index (χ2v) is 7.15. The maximum absolute atomic E-state index is 14.2. The van der Waals surface area contributed by atoms with Gasteiger partial charge in [-0.3, -0.25) is 19.1 Å². The number of fused-ring (bicyclic) bond motifs is 1. The Bertz CT molecular complexity index is 1070. The van der Waals surface area contributed by atoms with Gasteiger partial charge in [-0.2, -0.15) is 18.2 Å². The van der Waals surface area contributed by atoms with Crippen LogP contribution in [0.15, 0.2) is 29.1 Å². The van der Waals surface area contributed by atoms with Gasteiger partial charge in [-0.05, 0) is 18.6 Å². The number of ether oxygens (including phenoxy) is 1. The van der Waals surface area contributed by atoms with Gasteiger partial charge in [0.25, 0.3) is 11.5 Å². The van der Waals surface area contributed by atoms with Gasteiger partial charge in [0.05, 0.1) is 18.8 Å². The zero-order valence-corrected chi connectivity index (χ0v) is 16.0. The topological polar surface area (TPSA) is 67.7 Å². The van der Waals surface area contributed by atoms with Crippen molar-refractivity contribution >= 4 is 17.7 Å². The molecule has 1 amide bonds. The Morgan fingerprint density at radius 3 is 2.45 bits per heavy atom. The van der Waals surface area contributed by atoms with Crippen molar-refractivity contribution in [1.29, 1.82) is 0 Å². The van der Waals surface area contributed by atoms with E-state index in [1.165, 1.54) is 6.07 Å². The van der Waals surface area contributed by atoms with Gasteiger partial charge in [0.1, 0.15) is 23.5 Å². The first-order chi connectivity index (χ1) is 14.7. The van der Waals surface area contributed by atoms with Crippen molar-refractivity contribution in [2.24, 2.45) is 0 Å². The summed E-state index contributed by atoms with van der Waals surface area (Å²) in [5.41, 5.74) is -1.39. The quantitative estimate of drug-likeness (QED) is 0.666. The second-order valence-electron chi connectivity index (χ2n) is 7.15. The monoisotopic (exact) mass is 444 g/mol. The molecule has 2 aromatic rings. The molecule has 166 valence electrons. The summed E-state index contributed by atoms with van der Waals surface area (Å²) >= 11 is 0. The van der Waals surface area contributed by atoms with Crippen molar-refractivity contribution in [3.63, 3.8) is 0 Å². The smallest absolute Gasteiger partial charge is 0.378 e. The number of anilines is 2. The maximum atomic E-state index is 14.2. The molecule has 1 aromatic heterocycles. The predicted molar refractivity (Wildman–Crippen MR) is 99.2 cm³/mol. The van der Waals surface area contributed by atoms with Gasteiger partial charge in [-0.1, -0.05) is 0 Å². The van der Waals surface area contributed by atoms with Crippen LogP contribution in [0.3, 0.4) is 0 Å². The summed E-state index contributed by atoms with van der Waals surface area (Å²) in [4.78, 5) is 31.8. The van der Waals surface area contributed by atoms with Crippen LogP contribution in [0.25, 0.3) is 0 Å². The number of hydrogen-bond donors (Lipinski definition) is 0. The number of carbonyl (C=O) groups is 1. The highest BCUT2D eigenvalue weighted by Crippen LogP contribution is 2.35. The van der Waals surface area contributed by atoms with E-state index < -0.39 is 53.3 Å². The zero-order chi connectivity index (χ0) is 22.3. The molecule has 1 aromatic carbocycles. The highest BCUT2D eigenvalue weighted by Gasteiger charge is 2.50. The largest absolute Gasteiger partial charge is 0.409 e. The Morgan fingerprint density at radius 2 is 1.81 bits per heavy atom. The van der Waals surface area contributed by atoms with Crippen molar-refractivity contribution < 1.29 is 31.5 Å². The third kappa shape index (κ3) is 3.99. The lowest BCUT2D eigenvalue weighted by molar-refractivity contribution is -0.151. The molecular formula is C19H17F5N4O3. The second kappa shape index (κ2) is 7.91. The van der Waals surface area contributed by atoms with Gasteiger partial charge in [-0.15, -0.1) is 0 Å². The van der Waals surface area contributed by atoms with Gasteiger partial charge < -0.3 is 9.64 Å². The number of morpholine rings is 1. The summed E-state index contributed by atoms with van der Waals surface area (Å²) in [6.07, 6.45) is -5.46. The van der Waals surface area contributed by atoms with Crippen LogP contribution in [0.5, 0.6) is 0 Å². The van der Waals surface area contributed by atoms with E-state index in [0.717, 1.165) is 16.7 Å². The first-order valence-electron chi connectivity index (χ1n) is 9.46. The van der Waals surface area contributed by atoms with Crippen LogP contribution in [0.2, 0.25) is 0 Å².